The van der Waals surface area contributed by atoms with Crippen LogP contribution in [0.1, 0.15) is 31.2 Å². The van der Waals surface area contributed by atoms with Crippen molar-refractivity contribution in [2.75, 3.05) is 0 Å². The number of urea groups is 1. The number of carbonyl (C=O) groups excluding carboxylic acids is 3. The van der Waals surface area contributed by atoms with Crippen molar-refractivity contribution in [2.45, 2.75) is 37.6 Å². The number of nitrogens with zero attached hydrogens (tertiary/aromatic N) is 1. The Balaban J connectivity index is 1.68. The summed E-state index contributed by atoms with van der Waals surface area (Å²) >= 11 is 3.14. The number of imide groups is 1. The lowest BCUT2D eigenvalue weighted by Crippen LogP contribution is -2.49. The molecule has 1 spiro atoms. The highest BCUT2D eigenvalue weighted by Crippen LogP contribution is 2.34. The largest absolute Gasteiger partial charge is 0.344 e. The number of carbonyl (C=O) groups is 3. The zero-order valence-corrected chi connectivity index (χ0v) is 13.8. The van der Waals surface area contributed by atoms with E-state index in [4.69, 9.17) is 0 Å². The molecule has 8 heteroatoms. The van der Waals surface area contributed by atoms with Crippen molar-refractivity contribution in [1.82, 2.24) is 15.8 Å². The van der Waals surface area contributed by atoms with Crippen LogP contribution in [0.25, 0.3) is 0 Å². The number of rotatable bonds is 3. The van der Waals surface area contributed by atoms with Crippen LogP contribution in [0.15, 0.2) is 22.7 Å². The molecule has 1 heterocycles. The van der Waals surface area contributed by atoms with Crippen LogP contribution in [0.5, 0.6) is 0 Å². The van der Waals surface area contributed by atoms with Crippen LogP contribution in [-0.4, -0.2) is 28.4 Å². The molecule has 1 saturated carbocycles. The topological polar surface area (TPSA) is 78.5 Å². The molecule has 0 atom stereocenters. The molecule has 2 aliphatic rings. The average molecular weight is 384 g/mol. The standard InChI is InChI=1S/C15H15BrFN3O3/c16-10-4-3-9(11(17)8-10)7-12(21)19-20-13(22)15(18-14(20)23)5-1-2-6-15/h3-4,8H,1-2,5-7H2,(H,18,23)(H,19,21). The second-order valence-electron chi connectivity index (χ2n) is 5.81. The van der Waals surface area contributed by atoms with E-state index >= 15 is 0 Å². The van der Waals surface area contributed by atoms with E-state index in [1.807, 2.05) is 0 Å². The van der Waals surface area contributed by atoms with E-state index in [1.165, 1.54) is 12.1 Å². The number of hydrogen-bond donors (Lipinski definition) is 2. The fourth-order valence-corrected chi connectivity index (χ4v) is 3.37. The van der Waals surface area contributed by atoms with E-state index in [2.05, 4.69) is 26.7 Å². The maximum absolute atomic E-state index is 13.7. The molecule has 23 heavy (non-hydrogen) atoms. The fourth-order valence-electron chi connectivity index (χ4n) is 3.04. The van der Waals surface area contributed by atoms with Crippen molar-refractivity contribution < 1.29 is 18.8 Å². The smallest absolute Gasteiger partial charge is 0.322 e. The summed E-state index contributed by atoms with van der Waals surface area (Å²) in [4.78, 5) is 36.4. The van der Waals surface area contributed by atoms with E-state index in [9.17, 15) is 18.8 Å². The molecular formula is C15H15BrFN3O3. The second-order valence-corrected chi connectivity index (χ2v) is 6.72. The normalized spacial score (nSPS) is 19.3. The number of hydrazine groups is 1. The van der Waals surface area contributed by atoms with Crippen LogP contribution < -0.4 is 10.7 Å². The zero-order chi connectivity index (χ0) is 16.6. The molecule has 2 fully saturated rings. The first-order chi connectivity index (χ1) is 10.9. The molecule has 2 N–H and O–H groups in total. The minimum Gasteiger partial charge on any atom is -0.322 e. The van der Waals surface area contributed by atoms with Gasteiger partial charge in [0.05, 0.1) is 6.42 Å². The van der Waals surface area contributed by atoms with Crippen LogP contribution in [0.3, 0.4) is 0 Å². The lowest BCUT2D eigenvalue weighted by Gasteiger charge is -2.20. The third kappa shape index (κ3) is 2.95. The van der Waals surface area contributed by atoms with Crippen molar-refractivity contribution in [3.63, 3.8) is 0 Å². The molecule has 0 aromatic heterocycles. The minimum atomic E-state index is -0.882. The summed E-state index contributed by atoms with van der Waals surface area (Å²) in [6.07, 6.45) is 2.61. The van der Waals surface area contributed by atoms with Crippen molar-refractivity contribution in [3.05, 3.63) is 34.1 Å². The van der Waals surface area contributed by atoms with Crippen LogP contribution in [0.4, 0.5) is 9.18 Å². The summed E-state index contributed by atoms with van der Waals surface area (Å²) in [7, 11) is 0. The molecule has 1 aliphatic carbocycles. The minimum absolute atomic E-state index is 0.188. The molecule has 0 unspecified atom stereocenters. The van der Waals surface area contributed by atoms with Gasteiger partial charge in [0.1, 0.15) is 11.4 Å². The first-order valence-electron chi connectivity index (χ1n) is 7.31. The Morgan fingerprint density at radius 2 is 2.04 bits per heavy atom. The summed E-state index contributed by atoms with van der Waals surface area (Å²) in [6, 6.07) is 3.71. The second kappa shape index (κ2) is 5.92. The first-order valence-corrected chi connectivity index (χ1v) is 8.11. The highest BCUT2D eigenvalue weighted by Gasteiger charge is 2.53. The molecule has 122 valence electrons. The van der Waals surface area contributed by atoms with Gasteiger partial charge in [-0.25, -0.2) is 9.18 Å². The van der Waals surface area contributed by atoms with Gasteiger partial charge in [0.15, 0.2) is 0 Å². The van der Waals surface area contributed by atoms with Gasteiger partial charge in [-0.3, -0.25) is 15.0 Å². The number of benzene rings is 1. The van der Waals surface area contributed by atoms with E-state index < -0.39 is 29.2 Å². The van der Waals surface area contributed by atoms with Crippen LogP contribution in [-0.2, 0) is 16.0 Å². The lowest BCUT2D eigenvalue weighted by atomic mass is 9.98. The molecule has 4 amide bonds. The molecule has 3 rings (SSSR count). The van der Waals surface area contributed by atoms with Gasteiger partial charge in [-0.2, -0.15) is 5.01 Å². The maximum Gasteiger partial charge on any atom is 0.344 e. The molecular weight excluding hydrogens is 369 g/mol. The Kier molecular flexibility index (Phi) is 4.09. The van der Waals surface area contributed by atoms with E-state index in [0.717, 1.165) is 12.8 Å². The number of amides is 4. The van der Waals surface area contributed by atoms with Gasteiger partial charge >= 0.3 is 6.03 Å². The van der Waals surface area contributed by atoms with Gasteiger partial charge in [0.25, 0.3) is 5.91 Å². The molecule has 0 radical (unpaired) electrons. The van der Waals surface area contributed by atoms with E-state index in [0.29, 0.717) is 22.3 Å². The Labute approximate surface area is 140 Å². The molecule has 1 saturated heterocycles. The highest BCUT2D eigenvalue weighted by molar-refractivity contribution is 9.10. The summed E-state index contributed by atoms with van der Waals surface area (Å²) in [5, 5.41) is 3.37. The van der Waals surface area contributed by atoms with Gasteiger partial charge in [-0.1, -0.05) is 34.8 Å². The summed E-state index contributed by atoms with van der Waals surface area (Å²) in [5.74, 6) is -1.59. The van der Waals surface area contributed by atoms with Crippen LogP contribution in [0.2, 0.25) is 0 Å². The van der Waals surface area contributed by atoms with Crippen molar-refractivity contribution in [3.8, 4) is 0 Å². The van der Waals surface area contributed by atoms with Gasteiger partial charge < -0.3 is 5.32 Å². The Morgan fingerprint density at radius 1 is 1.35 bits per heavy atom. The lowest BCUT2D eigenvalue weighted by molar-refractivity contribution is -0.138. The predicted molar refractivity (Wildman–Crippen MR) is 82.5 cm³/mol. The monoisotopic (exact) mass is 383 g/mol. The molecule has 0 bridgehead atoms. The average Bonchev–Trinajstić information content (AvgIpc) is 3.04. The van der Waals surface area contributed by atoms with Gasteiger partial charge in [0.2, 0.25) is 5.91 Å². The number of halogens is 2. The summed E-state index contributed by atoms with van der Waals surface area (Å²) < 4.78 is 14.3. The molecule has 1 aliphatic heterocycles. The third-order valence-electron chi connectivity index (χ3n) is 4.22. The number of nitrogens with one attached hydrogen (secondary N) is 2. The van der Waals surface area contributed by atoms with Crippen molar-refractivity contribution >= 4 is 33.8 Å². The Morgan fingerprint density at radius 3 is 2.70 bits per heavy atom. The van der Waals surface area contributed by atoms with Gasteiger partial charge in [-0.05, 0) is 30.5 Å². The predicted octanol–water partition coefficient (Wildman–Crippen LogP) is 2.03. The quantitative estimate of drug-likeness (QED) is 0.783. The van der Waals surface area contributed by atoms with E-state index in [1.54, 1.807) is 6.07 Å². The Bertz CT molecular complexity index is 689. The van der Waals surface area contributed by atoms with Gasteiger partial charge in [-0.15, -0.1) is 0 Å². The molecule has 6 nitrogen and oxygen atoms in total. The van der Waals surface area contributed by atoms with E-state index in [-0.39, 0.29) is 12.0 Å². The summed E-state index contributed by atoms with van der Waals surface area (Å²) in [5.41, 5.74) is 1.58. The maximum atomic E-state index is 13.7. The van der Waals surface area contributed by atoms with Crippen LogP contribution >= 0.6 is 15.9 Å². The third-order valence-corrected chi connectivity index (χ3v) is 4.71. The van der Waals surface area contributed by atoms with Crippen molar-refractivity contribution in [1.29, 1.82) is 0 Å². The SMILES string of the molecule is O=C(Cc1ccc(Br)cc1F)NN1C(=O)NC2(CCCC2)C1=O. The Hall–Kier alpha value is -1.96. The first kappa shape index (κ1) is 15.9. The fraction of sp³-hybridized carbons (Fsp3) is 0.400. The zero-order valence-electron chi connectivity index (χ0n) is 12.2. The molecule has 1 aromatic rings. The van der Waals surface area contributed by atoms with Gasteiger partial charge in [0, 0.05) is 4.47 Å². The highest BCUT2D eigenvalue weighted by atomic mass is 79.9. The van der Waals surface area contributed by atoms with Crippen molar-refractivity contribution in [2.24, 2.45) is 0 Å². The number of hydrogen-bond acceptors (Lipinski definition) is 3. The summed E-state index contributed by atoms with van der Waals surface area (Å²) in [6.45, 7) is 0. The van der Waals surface area contributed by atoms with Crippen LogP contribution in [0, 0.1) is 5.82 Å². The molecule has 1 aromatic carbocycles.